The van der Waals surface area contributed by atoms with Gasteiger partial charge in [-0.15, -0.1) is 11.3 Å². The number of benzene rings is 1. The standard InChI is InChI=1S/C15H13N5O2S/c16-10-3-1-9(2-4-10)5-13-19-11(7-23-13)6-12(21)14(22)15-17-8-18-20-15/h1-4,7-8H,5-6,16H2,(H,17,18,20). The molecule has 0 fully saturated rings. The van der Waals surface area contributed by atoms with Gasteiger partial charge in [-0.3, -0.25) is 14.7 Å². The summed E-state index contributed by atoms with van der Waals surface area (Å²) < 4.78 is 0. The Bertz CT molecular complexity index is 824. The van der Waals surface area contributed by atoms with Crippen molar-refractivity contribution in [2.45, 2.75) is 12.8 Å². The van der Waals surface area contributed by atoms with E-state index in [0.29, 0.717) is 17.8 Å². The maximum absolute atomic E-state index is 11.9. The molecule has 3 aromatic rings. The Morgan fingerprint density at radius 1 is 1.22 bits per heavy atom. The highest BCUT2D eigenvalue weighted by molar-refractivity contribution is 7.09. The van der Waals surface area contributed by atoms with E-state index in [1.54, 1.807) is 5.38 Å². The van der Waals surface area contributed by atoms with Crippen LogP contribution in [0.15, 0.2) is 36.0 Å². The van der Waals surface area contributed by atoms with Gasteiger partial charge in [-0.2, -0.15) is 5.10 Å². The van der Waals surface area contributed by atoms with Crippen LogP contribution in [0.25, 0.3) is 0 Å². The van der Waals surface area contributed by atoms with Gasteiger partial charge in [-0.05, 0) is 17.7 Å². The first-order valence-electron chi connectivity index (χ1n) is 6.82. The molecule has 8 heteroatoms. The van der Waals surface area contributed by atoms with E-state index in [1.807, 2.05) is 24.3 Å². The van der Waals surface area contributed by atoms with Crippen molar-refractivity contribution in [1.82, 2.24) is 20.2 Å². The maximum Gasteiger partial charge on any atom is 0.265 e. The number of ketones is 2. The minimum absolute atomic E-state index is 0.0439. The highest BCUT2D eigenvalue weighted by Gasteiger charge is 2.20. The number of carbonyl (C=O) groups excluding carboxylic acids is 2. The van der Waals surface area contributed by atoms with Gasteiger partial charge in [-0.25, -0.2) is 9.97 Å². The van der Waals surface area contributed by atoms with Gasteiger partial charge in [0.05, 0.1) is 17.1 Å². The molecule has 2 aromatic heterocycles. The van der Waals surface area contributed by atoms with Crippen LogP contribution < -0.4 is 5.73 Å². The second-order valence-electron chi connectivity index (χ2n) is 4.91. The Morgan fingerprint density at radius 2 is 2.00 bits per heavy atom. The zero-order valence-corrected chi connectivity index (χ0v) is 12.8. The van der Waals surface area contributed by atoms with Crippen LogP contribution in [-0.4, -0.2) is 31.7 Å². The molecule has 0 saturated carbocycles. The van der Waals surface area contributed by atoms with Gasteiger partial charge in [-0.1, -0.05) is 12.1 Å². The van der Waals surface area contributed by atoms with Crippen molar-refractivity contribution in [3.63, 3.8) is 0 Å². The van der Waals surface area contributed by atoms with Crippen molar-refractivity contribution in [1.29, 1.82) is 0 Å². The Kier molecular flexibility index (Phi) is 4.24. The molecule has 0 aliphatic rings. The summed E-state index contributed by atoms with van der Waals surface area (Å²) >= 11 is 1.46. The number of aromatic amines is 1. The average Bonchev–Trinajstić information content (AvgIpc) is 3.21. The lowest BCUT2D eigenvalue weighted by molar-refractivity contribution is -0.114. The number of H-pyrrole nitrogens is 1. The molecule has 23 heavy (non-hydrogen) atoms. The van der Waals surface area contributed by atoms with Crippen LogP contribution in [0.1, 0.15) is 26.9 Å². The fraction of sp³-hybridized carbons (Fsp3) is 0.133. The highest BCUT2D eigenvalue weighted by Crippen LogP contribution is 2.16. The van der Waals surface area contributed by atoms with E-state index >= 15 is 0 Å². The molecule has 0 unspecified atom stereocenters. The highest BCUT2D eigenvalue weighted by atomic mass is 32.1. The van der Waals surface area contributed by atoms with Crippen LogP contribution in [-0.2, 0) is 17.6 Å². The van der Waals surface area contributed by atoms with Crippen molar-refractivity contribution in [2.24, 2.45) is 0 Å². The molecule has 0 saturated heterocycles. The molecule has 0 radical (unpaired) electrons. The molecule has 3 rings (SSSR count). The summed E-state index contributed by atoms with van der Waals surface area (Å²) in [4.78, 5) is 31.8. The fourth-order valence-electron chi connectivity index (χ4n) is 2.01. The van der Waals surface area contributed by atoms with Crippen molar-refractivity contribution in [2.75, 3.05) is 5.73 Å². The van der Waals surface area contributed by atoms with E-state index < -0.39 is 11.6 Å². The van der Waals surface area contributed by atoms with Gasteiger partial charge in [0, 0.05) is 17.5 Å². The molecular weight excluding hydrogens is 314 g/mol. The number of nitrogen functional groups attached to an aromatic ring is 1. The second kappa shape index (κ2) is 6.49. The first-order valence-corrected chi connectivity index (χ1v) is 7.70. The first kappa shape index (κ1) is 15.0. The molecule has 1 aromatic carbocycles. The van der Waals surface area contributed by atoms with E-state index in [4.69, 9.17) is 5.73 Å². The number of carbonyl (C=O) groups is 2. The molecule has 3 N–H and O–H groups in total. The monoisotopic (exact) mass is 327 g/mol. The lowest BCUT2D eigenvalue weighted by Crippen LogP contribution is -2.18. The topological polar surface area (TPSA) is 115 Å². The molecule has 7 nitrogen and oxygen atoms in total. The molecule has 0 aliphatic carbocycles. The molecule has 2 heterocycles. The Hall–Kier alpha value is -2.87. The molecule has 116 valence electrons. The molecule has 0 amide bonds. The second-order valence-corrected chi connectivity index (χ2v) is 5.86. The first-order chi connectivity index (χ1) is 11.1. The number of nitrogens with two attached hydrogens (primary N) is 1. The molecule has 0 bridgehead atoms. The third-order valence-corrected chi connectivity index (χ3v) is 4.06. The van der Waals surface area contributed by atoms with Crippen LogP contribution in [0.4, 0.5) is 5.69 Å². The van der Waals surface area contributed by atoms with Gasteiger partial charge in [0.25, 0.3) is 5.78 Å². The summed E-state index contributed by atoms with van der Waals surface area (Å²) in [5.41, 5.74) is 8.03. The van der Waals surface area contributed by atoms with Crippen LogP contribution in [0.3, 0.4) is 0 Å². The number of anilines is 1. The van der Waals surface area contributed by atoms with Crippen LogP contribution in [0.2, 0.25) is 0 Å². The zero-order valence-electron chi connectivity index (χ0n) is 12.0. The lowest BCUT2D eigenvalue weighted by Gasteiger charge is -1.98. The molecule has 0 aliphatic heterocycles. The summed E-state index contributed by atoms with van der Waals surface area (Å²) in [6.45, 7) is 0. The molecule has 0 atom stereocenters. The van der Waals surface area contributed by atoms with Crippen molar-refractivity contribution in [3.05, 3.63) is 58.1 Å². The Morgan fingerprint density at radius 3 is 2.70 bits per heavy atom. The number of nitrogens with zero attached hydrogens (tertiary/aromatic N) is 3. The fourth-order valence-corrected chi connectivity index (χ4v) is 2.84. The third-order valence-electron chi connectivity index (χ3n) is 3.16. The Balaban J connectivity index is 1.64. The van der Waals surface area contributed by atoms with Gasteiger partial charge >= 0.3 is 0 Å². The predicted molar refractivity (Wildman–Crippen MR) is 85.2 cm³/mol. The SMILES string of the molecule is Nc1ccc(Cc2nc(CC(=O)C(=O)c3ncn[nH]3)cs2)cc1. The normalized spacial score (nSPS) is 10.6. The van der Waals surface area contributed by atoms with E-state index in [9.17, 15) is 9.59 Å². The van der Waals surface area contributed by atoms with Crippen LogP contribution in [0, 0.1) is 0 Å². The third kappa shape index (κ3) is 3.67. The van der Waals surface area contributed by atoms with E-state index in [-0.39, 0.29) is 12.2 Å². The van der Waals surface area contributed by atoms with Crippen LogP contribution >= 0.6 is 11.3 Å². The van der Waals surface area contributed by atoms with Crippen LogP contribution in [0.5, 0.6) is 0 Å². The summed E-state index contributed by atoms with van der Waals surface area (Å²) in [5, 5.41) is 8.61. The smallest absolute Gasteiger partial charge is 0.265 e. The predicted octanol–water partition coefficient (Wildman–Crippen LogP) is 1.43. The minimum Gasteiger partial charge on any atom is -0.399 e. The van der Waals surface area contributed by atoms with E-state index in [0.717, 1.165) is 10.6 Å². The van der Waals surface area contributed by atoms with Crippen molar-refractivity contribution >= 4 is 28.6 Å². The number of Topliss-reactive ketones (excluding diaryl/α,β-unsaturated/α-hetero) is 2. The largest absolute Gasteiger partial charge is 0.399 e. The Labute approximate surface area is 135 Å². The van der Waals surface area contributed by atoms with Gasteiger partial charge in [0.1, 0.15) is 6.33 Å². The van der Waals surface area contributed by atoms with Crippen molar-refractivity contribution in [3.8, 4) is 0 Å². The van der Waals surface area contributed by atoms with Crippen molar-refractivity contribution < 1.29 is 9.59 Å². The number of nitrogens with one attached hydrogen (secondary N) is 1. The van der Waals surface area contributed by atoms with E-state index in [1.165, 1.54) is 17.7 Å². The summed E-state index contributed by atoms with van der Waals surface area (Å²) in [6, 6.07) is 7.55. The van der Waals surface area contributed by atoms with Gasteiger partial charge < -0.3 is 5.73 Å². The minimum atomic E-state index is -0.685. The number of hydrogen-bond acceptors (Lipinski definition) is 7. The zero-order chi connectivity index (χ0) is 16.2. The number of hydrogen-bond donors (Lipinski definition) is 2. The summed E-state index contributed by atoms with van der Waals surface area (Å²) in [6.07, 6.45) is 1.81. The summed E-state index contributed by atoms with van der Waals surface area (Å²) in [5.74, 6) is -1.30. The van der Waals surface area contributed by atoms with E-state index in [2.05, 4.69) is 20.2 Å². The van der Waals surface area contributed by atoms with Gasteiger partial charge in [0.2, 0.25) is 5.78 Å². The maximum atomic E-state index is 11.9. The number of rotatable bonds is 6. The lowest BCUT2D eigenvalue weighted by atomic mass is 10.1. The quantitative estimate of drug-likeness (QED) is 0.402. The number of thiazole rings is 1. The summed E-state index contributed by atoms with van der Waals surface area (Å²) in [7, 11) is 0. The molecule has 0 spiro atoms. The number of aromatic nitrogens is 4. The molecular formula is C15H13N5O2S. The van der Waals surface area contributed by atoms with Gasteiger partial charge in [0.15, 0.2) is 5.82 Å². The average molecular weight is 327 g/mol.